The molecule has 4 N–H and O–H groups in total. The Hall–Kier alpha value is -2.33. The first kappa shape index (κ1) is 14.1. The molecule has 0 saturated carbocycles. The van der Waals surface area contributed by atoms with Crippen LogP contribution in [0.2, 0.25) is 0 Å². The number of anilines is 2. The zero-order chi connectivity index (χ0) is 14.4. The van der Waals surface area contributed by atoms with E-state index in [4.69, 9.17) is 10.8 Å². The van der Waals surface area contributed by atoms with Crippen LogP contribution < -0.4 is 11.1 Å². The molecule has 0 fully saturated rings. The van der Waals surface area contributed by atoms with Crippen LogP contribution in [0.4, 0.5) is 11.4 Å². The Morgan fingerprint density at radius 1 is 1.15 bits per heavy atom. The number of hydrogen-bond donors (Lipinski definition) is 3. The standard InChI is InChI=1S/C16H18N2O2/c17-15-7-2-1-5-13(15)8-9-16(20)18-14-6-3-4-12(10-14)11-19/h1-7,10,19H,8-9,11,17H2,(H,18,20). The SMILES string of the molecule is Nc1ccccc1CCC(=O)Nc1cccc(CO)c1. The summed E-state index contributed by atoms with van der Waals surface area (Å²) in [4.78, 5) is 11.9. The van der Waals surface area contributed by atoms with Gasteiger partial charge in [-0.15, -0.1) is 0 Å². The van der Waals surface area contributed by atoms with Crippen LogP contribution in [0, 0.1) is 0 Å². The van der Waals surface area contributed by atoms with Gasteiger partial charge in [0.2, 0.25) is 5.91 Å². The zero-order valence-corrected chi connectivity index (χ0v) is 11.2. The van der Waals surface area contributed by atoms with E-state index in [-0.39, 0.29) is 12.5 Å². The molecule has 1 amide bonds. The van der Waals surface area contributed by atoms with Gasteiger partial charge in [-0.25, -0.2) is 0 Å². The van der Waals surface area contributed by atoms with Gasteiger partial charge in [0.05, 0.1) is 6.61 Å². The monoisotopic (exact) mass is 270 g/mol. The summed E-state index contributed by atoms with van der Waals surface area (Å²) in [5, 5.41) is 11.9. The molecular weight excluding hydrogens is 252 g/mol. The molecular formula is C16H18N2O2. The lowest BCUT2D eigenvalue weighted by atomic mass is 10.1. The number of carbonyl (C=O) groups excluding carboxylic acids is 1. The van der Waals surface area contributed by atoms with E-state index in [1.54, 1.807) is 24.3 Å². The minimum atomic E-state index is -0.0663. The zero-order valence-electron chi connectivity index (χ0n) is 11.2. The number of nitrogen functional groups attached to an aromatic ring is 1. The Bertz CT molecular complexity index is 597. The van der Waals surface area contributed by atoms with E-state index in [0.717, 1.165) is 11.1 Å². The molecule has 4 nitrogen and oxygen atoms in total. The van der Waals surface area contributed by atoms with Gasteiger partial charge in [-0.3, -0.25) is 4.79 Å². The van der Waals surface area contributed by atoms with Crippen molar-refractivity contribution in [3.05, 3.63) is 59.7 Å². The summed E-state index contributed by atoms with van der Waals surface area (Å²) in [6.07, 6.45) is 0.982. The van der Waals surface area contributed by atoms with Gasteiger partial charge >= 0.3 is 0 Å². The van der Waals surface area contributed by atoms with Crippen molar-refractivity contribution in [3.8, 4) is 0 Å². The van der Waals surface area contributed by atoms with Crippen LogP contribution in [0.1, 0.15) is 17.5 Å². The van der Waals surface area contributed by atoms with Crippen LogP contribution in [0.15, 0.2) is 48.5 Å². The van der Waals surface area contributed by atoms with Crippen LogP contribution in [0.3, 0.4) is 0 Å². The molecule has 0 aromatic heterocycles. The number of aryl methyl sites for hydroxylation is 1. The van der Waals surface area contributed by atoms with Crippen LogP contribution in [-0.2, 0) is 17.8 Å². The second-order valence-corrected chi connectivity index (χ2v) is 4.61. The number of nitrogens with one attached hydrogen (secondary N) is 1. The molecule has 0 bridgehead atoms. The minimum absolute atomic E-state index is 0.0374. The number of rotatable bonds is 5. The molecule has 0 radical (unpaired) electrons. The Morgan fingerprint density at radius 2 is 1.95 bits per heavy atom. The van der Waals surface area contributed by atoms with Gasteiger partial charge in [0.15, 0.2) is 0 Å². The van der Waals surface area contributed by atoms with Gasteiger partial charge in [0, 0.05) is 17.8 Å². The third-order valence-corrected chi connectivity index (χ3v) is 3.07. The van der Waals surface area contributed by atoms with E-state index < -0.39 is 0 Å². The first-order chi connectivity index (χ1) is 9.69. The van der Waals surface area contributed by atoms with Gasteiger partial charge < -0.3 is 16.2 Å². The van der Waals surface area contributed by atoms with E-state index in [1.165, 1.54) is 0 Å². The molecule has 2 aromatic rings. The molecule has 0 saturated heterocycles. The third-order valence-electron chi connectivity index (χ3n) is 3.07. The Morgan fingerprint density at radius 3 is 2.70 bits per heavy atom. The highest BCUT2D eigenvalue weighted by molar-refractivity contribution is 5.91. The van der Waals surface area contributed by atoms with Gasteiger partial charge in [0.1, 0.15) is 0 Å². The second-order valence-electron chi connectivity index (χ2n) is 4.61. The first-order valence-corrected chi connectivity index (χ1v) is 6.52. The lowest BCUT2D eigenvalue weighted by molar-refractivity contribution is -0.116. The van der Waals surface area contributed by atoms with Gasteiger partial charge in [-0.2, -0.15) is 0 Å². The molecule has 4 heteroatoms. The fourth-order valence-electron chi connectivity index (χ4n) is 1.98. The summed E-state index contributed by atoms with van der Waals surface area (Å²) in [6.45, 7) is -0.0374. The molecule has 2 aromatic carbocycles. The lowest BCUT2D eigenvalue weighted by Crippen LogP contribution is -2.12. The van der Waals surface area contributed by atoms with E-state index in [2.05, 4.69) is 5.32 Å². The summed E-state index contributed by atoms with van der Waals surface area (Å²) in [7, 11) is 0. The van der Waals surface area contributed by atoms with Crippen LogP contribution in [-0.4, -0.2) is 11.0 Å². The molecule has 0 aliphatic heterocycles. The topological polar surface area (TPSA) is 75.4 Å². The van der Waals surface area contributed by atoms with E-state index in [1.807, 2.05) is 24.3 Å². The Labute approximate surface area is 118 Å². The summed E-state index contributed by atoms with van der Waals surface area (Å²) in [5.74, 6) is -0.0663. The van der Waals surface area contributed by atoms with Crippen molar-refractivity contribution in [2.75, 3.05) is 11.1 Å². The molecule has 2 rings (SSSR count). The molecule has 0 aliphatic carbocycles. The largest absolute Gasteiger partial charge is 0.399 e. The van der Waals surface area contributed by atoms with E-state index in [0.29, 0.717) is 24.2 Å². The summed E-state index contributed by atoms with van der Waals surface area (Å²) in [5.41, 5.74) is 9.00. The quantitative estimate of drug-likeness (QED) is 0.730. The van der Waals surface area contributed by atoms with E-state index in [9.17, 15) is 4.79 Å². The Kier molecular flexibility index (Phi) is 4.74. The lowest BCUT2D eigenvalue weighted by Gasteiger charge is -2.08. The maximum Gasteiger partial charge on any atom is 0.224 e. The average molecular weight is 270 g/mol. The van der Waals surface area contributed by atoms with Gasteiger partial charge in [0.25, 0.3) is 0 Å². The molecule has 0 aliphatic rings. The predicted molar refractivity (Wildman–Crippen MR) is 80.2 cm³/mol. The fourth-order valence-corrected chi connectivity index (χ4v) is 1.98. The summed E-state index contributed by atoms with van der Waals surface area (Å²) < 4.78 is 0. The van der Waals surface area contributed by atoms with Crippen LogP contribution in [0.25, 0.3) is 0 Å². The maximum absolute atomic E-state index is 11.9. The first-order valence-electron chi connectivity index (χ1n) is 6.52. The normalized spacial score (nSPS) is 10.2. The number of benzene rings is 2. The van der Waals surface area contributed by atoms with Crippen molar-refractivity contribution >= 4 is 17.3 Å². The van der Waals surface area contributed by atoms with Crippen molar-refractivity contribution < 1.29 is 9.90 Å². The number of aliphatic hydroxyl groups excluding tert-OH is 1. The van der Waals surface area contributed by atoms with Crippen molar-refractivity contribution in [1.29, 1.82) is 0 Å². The van der Waals surface area contributed by atoms with Crippen molar-refractivity contribution in [2.45, 2.75) is 19.4 Å². The molecule has 0 heterocycles. The van der Waals surface area contributed by atoms with Crippen molar-refractivity contribution in [2.24, 2.45) is 0 Å². The molecule has 20 heavy (non-hydrogen) atoms. The predicted octanol–water partition coefficient (Wildman–Crippen LogP) is 2.33. The van der Waals surface area contributed by atoms with Crippen molar-refractivity contribution in [3.63, 3.8) is 0 Å². The second kappa shape index (κ2) is 6.73. The Balaban J connectivity index is 1.91. The summed E-state index contributed by atoms with van der Waals surface area (Å²) in [6, 6.07) is 14.7. The smallest absolute Gasteiger partial charge is 0.224 e. The van der Waals surface area contributed by atoms with E-state index >= 15 is 0 Å². The number of amides is 1. The minimum Gasteiger partial charge on any atom is -0.399 e. The highest BCUT2D eigenvalue weighted by Crippen LogP contribution is 2.14. The fraction of sp³-hybridized carbons (Fsp3) is 0.188. The molecule has 0 atom stereocenters. The third kappa shape index (κ3) is 3.83. The molecule has 0 unspecified atom stereocenters. The average Bonchev–Trinajstić information content (AvgIpc) is 2.46. The molecule has 104 valence electrons. The number of carbonyl (C=O) groups is 1. The number of para-hydroxylation sites is 1. The number of nitrogens with two attached hydrogens (primary N) is 1. The van der Waals surface area contributed by atoms with Crippen LogP contribution in [0.5, 0.6) is 0 Å². The highest BCUT2D eigenvalue weighted by Gasteiger charge is 2.05. The van der Waals surface area contributed by atoms with Gasteiger partial charge in [-0.05, 0) is 35.7 Å². The number of aliphatic hydroxyl groups is 1. The van der Waals surface area contributed by atoms with Crippen LogP contribution >= 0.6 is 0 Å². The highest BCUT2D eigenvalue weighted by atomic mass is 16.3. The van der Waals surface area contributed by atoms with Crippen molar-refractivity contribution in [1.82, 2.24) is 0 Å². The maximum atomic E-state index is 11.9. The number of hydrogen-bond acceptors (Lipinski definition) is 3. The van der Waals surface area contributed by atoms with Gasteiger partial charge in [-0.1, -0.05) is 30.3 Å². The molecule has 0 spiro atoms. The summed E-state index contributed by atoms with van der Waals surface area (Å²) >= 11 is 0.